The van der Waals surface area contributed by atoms with E-state index >= 15 is 0 Å². The fourth-order valence-corrected chi connectivity index (χ4v) is 5.70. The van der Waals surface area contributed by atoms with Gasteiger partial charge in [-0.25, -0.2) is 0 Å². The monoisotopic (exact) mass is 448 g/mol. The summed E-state index contributed by atoms with van der Waals surface area (Å²) in [6, 6.07) is 0.0582. The quantitative estimate of drug-likeness (QED) is 0.538. The predicted molar refractivity (Wildman–Crippen MR) is 130 cm³/mol. The molecule has 32 heavy (non-hydrogen) atoms. The minimum atomic E-state index is -0.316. The van der Waals surface area contributed by atoms with Gasteiger partial charge in [-0.15, -0.1) is 0 Å². The van der Waals surface area contributed by atoms with E-state index in [9.17, 15) is 9.59 Å². The lowest BCUT2D eigenvalue weighted by atomic mass is 9.82. The highest BCUT2D eigenvalue weighted by Crippen LogP contribution is 2.34. The van der Waals surface area contributed by atoms with Crippen LogP contribution in [-0.2, 0) is 9.59 Å². The molecule has 2 amide bonds. The molecular weight excluding hydrogens is 400 g/mol. The van der Waals surface area contributed by atoms with Gasteiger partial charge in [-0.2, -0.15) is 0 Å². The van der Waals surface area contributed by atoms with Crippen molar-refractivity contribution in [2.75, 3.05) is 32.7 Å². The number of nitrogens with one attached hydrogen (secondary N) is 1. The molecule has 1 saturated heterocycles. The summed E-state index contributed by atoms with van der Waals surface area (Å²) in [4.78, 5) is 30.9. The van der Waals surface area contributed by atoms with Crippen molar-refractivity contribution in [2.45, 2.75) is 91.1 Å². The van der Waals surface area contributed by atoms with E-state index in [0.717, 1.165) is 64.7 Å². The summed E-state index contributed by atoms with van der Waals surface area (Å²) in [5.41, 5.74) is 5.83. The van der Waals surface area contributed by atoms with Crippen molar-refractivity contribution in [1.29, 1.82) is 0 Å². The van der Waals surface area contributed by atoms with E-state index < -0.39 is 0 Å². The molecule has 1 aliphatic heterocycles. The van der Waals surface area contributed by atoms with E-state index in [-0.39, 0.29) is 23.8 Å². The molecule has 6 heteroatoms. The number of hydrogen-bond donors (Lipinski definition) is 2. The van der Waals surface area contributed by atoms with Crippen LogP contribution in [0.5, 0.6) is 0 Å². The minimum absolute atomic E-state index is 0.0682. The molecule has 1 unspecified atom stereocenters. The average Bonchev–Trinajstić information content (AvgIpc) is 3.61. The normalized spacial score (nSPS) is 29.1. The summed E-state index contributed by atoms with van der Waals surface area (Å²) in [6.07, 6.45) is 8.37. The molecule has 2 atom stereocenters. The van der Waals surface area contributed by atoms with Gasteiger partial charge in [0.05, 0.1) is 0 Å². The first-order valence-electron chi connectivity index (χ1n) is 13.3. The van der Waals surface area contributed by atoms with Gasteiger partial charge in [0, 0.05) is 38.1 Å². The molecule has 0 aromatic heterocycles. The molecule has 3 rings (SSSR count). The SMILES string of the molecule is CC(C)CN(CC(C)C)C1CCN(C(=O)C2CC2)[C@@H](C(=O)NCC2CCC(CN)CC2)C1. The average molecular weight is 449 g/mol. The maximum Gasteiger partial charge on any atom is 0.242 e. The molecular formula is C26H48N4O2. The Morgan fingerprint density at radius 1 is 0.938 bits per heavy atom. The van der Waals surface area contributed by atoms with Crippen molar-refractivity contribution < 1.29 is 9.59 Å². The van der Waals surface area contributed by atoms with Gasteiger partial charge >= 0.3 is 0 Å². The van der Waals surface area contributed by atoms with Crippen molar-refractivity contribution in [3.8, 4) is 0 Å². The molecule has 6 nitrogen and oxygen atoms in total. The van der Waals surface area contributed by atoms with Crippen molar-refractivity contribution in [1.82, 2.24) is 15.1 Å². The van der Waals surface area contributed by atoms with Gasteiger partial charge in [0.1, 0.15) is 6.04 Å². The number of likely N-dealkylation sites (tertiary alicyclic amines) is 1. The van der Waals surface area contributed by atoms with Crippen LogP contribution >= 0.6 is 0 Å². The van der Waals surface area contributed by atoms with E-state index in [4.69, 9.17) is 5.73 Å². The number of carbonyl (C=O) groups is 2. The molecule has 3 aliphatic rings. The van der Waals surface area contributed by atoms with Crippen LogP contribution in [0.2, 0.25) is 0 Å². The third-order valence-corrected chi connectivity index (χ3v) is 7.67. The van der Waals surface area contributed by atoms with Crippen LogP contribution in [0.3, 0.4) is 0 Å². The lowest BCUT2D eigenvalue weighted by Crippen LogP contribution is -2.58. The maximum atomic E-state index is 13.4. The van der Waals surface area contributed by atoms with E-state index in [1.807, 2.05) is 4.90 Å². The Hall–Kier alpha value is -1.14. The van der Waals surface area contributed by atoms with Crippen molar-refractivity contribution >= 4 is 11.8 Å². The zero-order valence-electron chi connectivity index (χ0n) is 21.0. The highest BCUT2D eigenvalue weighted by molar-refractivity contribution is 5.89. The van der Waals surface area contributed by atoms with E-state index in [2.05, 4.69) is 37.9 Å². The molecule has 2 saturated carbocycles. The lowest BCUT2D eigenvalue weighted by molar-refractivity contribution is -0.145. The standard InChI is InChI=1S/C26H48N4O2/c1-18(2)16-29(17-19(3)4)23-11-12-30(26(32)22-9-10-22)24(13-23)25(31)28-15-21-7-5-20(14-27)6-8-21/h18-24H,5-17,27H2,1-4H3,(H,28,31)/t20?,21?,23?,24-/m1/s1. The minimum Gasteiger partial charge on any atom is -0.354 e. The summed E-state index contributed by atoms with van der Waals surface area (Å²) in [7, 11) is 0. The van der Waals surface area contributed by atoms with Gasteiger partial charge in [-0.1, -0.05) is 27.7 Å². The van der Waals surface area contributed by atoms with Crippen LogP contribution in [0, 0.1) is 29.6 Å². The fraction of sp³-hybridized carbons (Fsp3) is 0.923. The molecule has 184 valence electrons. The van der Waals surface area contributed by atoms with Crippen LogP contribution in [-0.4, -0.2) is 66.4 Å². The van der Waals surface area contributed by atoms with E-state index in [1.165, 1.54) is 12.8 Å². The third kappa shape index (κ3) is 7.18. The fourth-order valence-electron chi connectivity index (χ4n) is 5.70. The Morgan fingerprint density at radius 2 is 1.53 bits per heavy atom. The number of hydrogen-bond acceptors (Lipinski definition) is 4. The predicted octanol–water partition coefficient (Wildman–Crippen LogP) is 3.25. The largest absolute Gasteiger partial charge is 0.354 e. The topological polar surface area (TPSA) is 78.7 Å². The van der Waals surface area contributed by atoms with Crippen LogP contribution in [0.15, 0.2) is 0 Å². The highest BCUT2D eigenvalue weighted by Gasteiger charge is 2.43. The van der Waals surface area contributed by atoms with Gasteiger partial charge < -0.3 is 16.0 Å². The molecule has 3 N–H and O–H groups in total. The second-order valence-corrected chi connectivity index (χ2v) is 11.6. The van der Waals surface area contributed by atoms with E-state index in [0.29, 0.717) is 36.3 Å². The summed E-state index contributed by atoms with van der Waals surface area (Å²) < 4.78 is 0. The zero-order chi connectivity index (χ0) is 23.3. The molecule has 0 aromatic rings. The number of amides is 2. The van der Waals surface area contributed by atoms with Gasteiger partial charge in [0.25, 0.3) is 0 Å². The summed E-state index contributed by atoms with van der Waals surface area (Å²) >= 11 is 0. The second kappa shape index (κ2) is 11.8. The lowest BCUT2D eigenvalue weighted by Gasteiger charge is -2.44. The van der Waals surface area contributed by atoms with E-state index in [1.54, 1.807) is 0 Å². The van der Waals surface area contributed by atoms with Gasteiger partial charge in [-0.3, -0.25) is 14.5 Å². The molecule has 1 heterocycles. The Kier molecular flexibility index (Phi) is 9.42. The Bertz CT molecular complexity index is 601. The summed E-state index contributed by atoms with van der Waals surface area (Å²) in [6.45, 7) is 13.4. The van der Waals surface area contributed by atoms with Crippen molar-refractivity contribution in [3.63, 3.8) is 0 Å². The van der Waals surface area contributed by atoms with Gasteiger partial charge in [0.15, 0.2) is 0 Å². The number of nitrogens with zero attached hydrogens (tertiary/aromatic N) is 2. The Balaban J connectivity index is 1.63. The number of piperidine rings is 1. The Morgan fingerprint density at radius 3 is 2.06 bits per heavy atom. The number of rotatable bonds is 10. The van der Waals surface area contributed by atoms with Crippen LogP contribution < -0.4 is 11.1 Å². The number of carbonyl (C=O) groups excluding carboxylic acids is 2. The molecule has 0 bridgehead atoms. The molecule has 3 fully saturated rings. The summed E-state index contributed by atoms with van der Waals surface area (Å²) in [5.74, 6) is 2.83. The van der Waals surface area contributed by atoms with Crippen LogP contribution in [0.4, 0.5) is 0 Å². The maximum absolute atomic E-state index is 13.4. The molecule has 0 aromatic carbocycles. The number of nitrogens with two attached hydrogens (primary N) is 1. The first-order valence-corrected chi connectivity index (χ1v) is 13.3. The van der Waals surface area contributed by atoms with Gasteiger partial charge in [-0.05, 0) is 81.6 Å². The summed E-state index contributed by atoms with van der Waals surface area (Å²) in [5, 5.41) is 3.26. The Labute approximate surface area is 196 Å². The first-order chi connectivity index (χ1) is 15.3. The highest BCUT2D eigenvalue weighted by atomic mass is 16.2. The smallest absolute Gasteiger partial charge is 0.242 e. The molecule has 2 aliphatic carbocycles. The van der Waals surface area contributed by atoms with Gasteiger partial charge in [0.2, 0.25) is 11.8 Å². The zero-order valence-corrected chi connectivity index (χ0v) is 21.0. The van der Waals surface area contributed by atoms with Crippen molar-refractivity contribution in [3.05, 3.63) is 0 Å². The van der Waals surface area contributed by atoms with Crippen molar-refractivity contribution in [2.24, 2.45) is 35.3 Å². The van der Waals surface area contributed by atoms with Crippen LogP contribution in [0.1, 0.15) is 79.1 Å². The third-order valence-electron chi connectivity index (χ3n) is 7.67. The molecule has 0 spiro atoms. The second-order valence-electron chi connectivity index (χ2n) is 11.6. The van der Waals surface area contributed by atoms with Crippen LogP contribution in [0.25, 0.3) is 0 Å². The molecule has 0 radical (unpaired) electrons. The first kappa shape index (κ1) is 25.5.